The number of rotatable bonds is 2. The lowest BCUT2D eigenvalue weighted by Crippen LogP contribution is -2.35. The van der Waals surface area contributed by atoms with Crippen LogP contribution in [0.25, 0.3) is 0 Å². The summed E-state index contributed by atoms with van der Waals surface area (Å²) in [6, 6.07) is 13.2. The molecule has 5 heteroatoms. The second-order valence-electron chi connectivity index (χ2n) is 5.01. The molecule has 0 saturated carbocycles. The Hall–Kier alpha value is -1.71. The molecule has 1 N–H and O–H groups in total. The Morgan fingerprint density at radius 2 is 1.90 bits per heavy atom. The van der Waals surface area contributed by atoms with Crippen molar-refractivity contribution in [3.63, 3.8) is 0 Å². The van der Waals surface area contributed by atoms with Crippen LogP contribution in [0.1, 0.15) is 18.0 Å². The fourth-order valence-electron chi connectivity index (χ4n) is 2.58. The lowest BCUT2D eigenvalue weighted by Gasteiger charge is -2.32. The van der Waals surface area contributed by atoms with Gasteiger partial charge in [0.05, 0.1) is 28.2 Å². The molecule has 1 amide bonds. The van der Waals surface area contributed by atoms with Gasteiger partial charge in [-0.2, -0.15) is 0 Å². The maximum absolute atomic E-state index is 12.1. The van der Waals surface area contributed by atoms with E-state index in [1.54, 1.807) is 18.0 Å². The van der Waals surface area contributed by atoms with Gasteiger partial charge < -0.3 is 10.2 Å². The SMILES string of the molecule is CN1C(=O)CC(Nc2cccc(Cl)c2Cl)c2ccccc21. The summed E-state index contributed by atoms with van der Waals surface area (Å²) in [5.74, 6) is 0.0735. The number of nitrogens with zero attached hydrogens (tertiary/aromatic N) is 1. The quantitative estimate of drug-likeness (QED) is 0.882. The molecule has 1 atom stereocenters. The topological polar surface area (TPSA) is 32.3 Å². The molecule has 0 aromatic heterocycles. The number of carbonyl (C=O) groups is 1. The van der Waals surface area contributed by atoms with Gasteiger partial charge in [0, 0.05) is 12.7 Å². The van der Waals surface area contributed by atoms with Crippen molar-refractivity contribution in [2.75, 3.05) is 17.3 Å². The van der Waals surface area contributed by atoms with Crippen molar-refractivity contribution < 1.29 is 4.79 Å². The van der Waals surface area contributed by atoms with Crippen LogP contribution in [-0.2, 0) is 4.79 Å². The highest BCUT2D eigenvalue weighted by atomic mass is 35.5. The third-order valence-corrected chi connectivity index (χ3v) is 4.53. The zero-order chi connectivity index (χ0) is 15.0. The first kappa shape index (κ1) is 14.2. The molecule has 0 aliphatic carbocycles. The third-order valence-electron chi connectivity index (χ3n) is 3.71. The van der Waals surface area contributed by atoms with E-state index in [0.717, 1.165) is 16.9 Å². The lowest BCUT2D eigenvalue weighted by molar-refractivity contribution is -0.118. The zero-order valence-corrected chi connectivity index (χ0v) is 12.9. The summed E-state index contributed by atoms with van der Waals surface area (Å²) in [5.41, 5.74) is 2.74. The number of hydrogen-bond acceptors (Lipinski definition) is 2. The first-order valence-corrected chi connectivity index (χ1v) is 7.39. The molecule has 0 bridgehead atoms. The number of carbonyl (C=O) groups excluding carboxylic acids is 1. The summed E-state index contributed by atoms with van der Waals surface area (Å²) in [6.07, 6.45) is 0.385. The molecule has 1 unspecified atom stereocenters. The number of nitrogens with one attached hydrogen (secondary N) is 1. The Balaban J connectivity index is 1.98. The standard InChI is InChI=1S/C16H14Cl2N2O/c1-20-14-8-3-2-5-10(14)13(9-15(20)21)19-12-7-4-6-11(17)16(12)18/h2-8,13,19H,9H2,1H3. The van der Waals surface area contributed by atoms with Crippen LogP contribution in [0.3, 0.4) is 0 Å². The van der Waals surface area contributed by atoms with Crippen molar-refractivity contribution in [1.29, 1.82) is 0 Å². The van der Waals surface area contributed by atoms with Crippen LogP contribution in [-0.4, -0.2) is 13.0 Å². The van der Waals surface area contributed by atoms with E-state index in [4.69, 9.17) is 23.2 Å². The maximum Gasteiger partial charge on any atom is 0.229 e. The average molecular weight is 321 g/mol. The number of para-hydroxylation sites is 1. The van der Waals surface area contributed by atoms with Gasteiger partial charge in [-0.25, -0.2) is 0 Å². The fourth-order valence-corrected chi connectivity index (χ4v) is 2.93. The van der Waals surface area contributed by atoms with Gasteiger partial charge in [0.1, 0.15) is 0 Å². The summed E-state index contributed by atoms with van der Waals surface area (Å²) < 4.78 is 0. The minimum absolute atomic E-state index is 0.0735. The van der Waals surface area contributed by atoms with Gasteiger partial charge in [0.2, 0.25) is 5.91 Å². The molecule has 0 radical (unpaired) electrons. The van der Waals surface area contributed by atoms with Gasteiger partial charge in [0.25, 0.3) is 0 Å². The minimum atomic E-state index is -0.110. The molecule has 0 fully saturated rings. The number of hydrogen-bond donors (Lipinski definition) is 1. The Morgan fingerprint density at radius 3 is 2.71 bits per heavy atom. The molecule has 21 heavy (non-hydrogen) atoms. The predicted molar refractivity (Wildman–Crippen MR) is 87.3 cm³/mol. The summed E-state index contributed by atoms with van der Waals surface area (Å²) in [6.45, 7) is 0. The van der Waals surface area contributed by atoms with Crippen LogP contribution in [0, 0.1) is 0 Å². The van der Waals surface area contributed by atoms with Gasteiger partial charge >= 0.3 is 0 Å². The molecular formula is C16H14Cl2N2O. The van der Waals surface area contributed by atoms with E-state index in [0.29, 0.717) is 16.5 Å². The first-order valence-electron chi connectivity index (χ1n) is 6.64. The fraction of sp³-hybridized carbons (Fsp3) is 0.188. The Bertz CT molecular complexity index is 702. The van der Waals surface area contributed by atoms with Crippen molar-refractivity contribution in [1.82, 2.24) is 0 Å². The smallest absolute Gasteiger partial charge is 0.229 e. The van der Waals surface area contributed by atoms with E-state index < -0.39 is 0 Å². The number of amides is 1. The monoisotopic (exact) mass is 320 g/mol. The summed E-state index contributed by atoms with van der Waals surface area (Å²) >= 11 is 12.3. The summed E-state index contributed by atoms with van der Waals surface area (Å²) in [5, 5.41) is 4.30. The predicted octanol–water partition coefficient (Wildman–Crippen LogP) is 4.51. The van der Waals surface area contributed by atoms with Crippen molar-refractivity contribution in [2.45, 2.75) is 12.5 Å². The molecule has 0 spiro atoms. The summed E-state index contributed by atoms with van der Waals surface area (Å²) in [7, 11) is 1.80. The molecule has 3 rings (SSSR count). The first-order chi connectivity index (χ1) is 10.1. The van der Waals surface area contributed by atoms with Crippen molar-refractivity contribution >= 4 is 40.5 Å². The molecule has 2 aromatic rings. The molecule has 108 valence electrons. The van der Waals surface area contributed by atoms with Crippen LogP contribution in [0.4, 0.5) is 11.4 Å². The van der Waals surface area contributed by atoms with Crippen LogP contribution >= 0.6 is 23.2 Å². The Labute approximate surface area is 133 Å². The van der Waals surface area contributed by atoms with Crippen LogP contribution in [0.15, 0.2) is 42.5 Å². The minimum Gasteiger partial charge on any atom is -0.376 e. The number of fused-ring (bicyclic) bond motifs is 1. The molecule has 1 aliphatic rings. The van der Waals surface area contributed by atoms with E-state index >= 15 is 0 Å². The highest BCUT2D eigenvalue weighted by Gasteiger charge is 2.29. The molecule has 1 aliphatic heterocycles. The van der Waals surface area contributed by atoms with Gasteiger partial charge in [-0.3, -0.25) is 4.79 Å². The Morgan fingerprint density at radius 1 is 1.14 bits per heavy atom. The maximum atomic E-state index is 12.1. The highest BCUT2D eigenvalue weighted by molar-refractivity contribution is 6.43. The van der Waals surface area contributed by atoms with Gasteiger partial charge in [0.15, 0.2) is 0 Å². The van der Waals surface area contributed by atoms with E-state index in [-0.39, 0.29) is 11.9 Å². The van der Waals surface area contributed by atoms with Gasteiger partial charge in [-0.15, -0.1) is 0 Å². The van der Waals surface area contributed by atoms with E-state index in [1.807, 2.05) is 36.4 Å². The van der Waals surface area contributed by atoms with Gasteiger partial charge in [-0.05, 0) is 23.8 Å². The van der Waals surface area contributed by atoms with Crippen molar-refractivity contribution in [2.24, 2.45) is 0 Å². The second-order valence-corrected chi connectivity index (χ2v) is 5.80. The van der Waals surface area contributed by atoms with Gasteiger partial charge in [-0.1, -0.05) is 47.5 Å². The molecule has 1 heterocycles. The molecular weight excluding hydrogens is 307 g/mol. The molecule has 0 saturated heterocycles. The van der Waals surface area contributed by atoms with Crippen LogP contribution in [0.2, 0.25) is 10.0 Å². The molecule has 3 nitrogen and oxygen atoms in total. The number of anilines is 2. The molecule has 2 aromatic carbocycles. The zero-order valence-electron chi connectivity index (χ0n) is 11.4. The largest absolute Gasteiger partial charge is 0.376 e. The highest BCUT2D eigenvalue weighted by Crippen LogP contribution is 2.38. The lowest BCUT2D eigenvalue weighted by atomic mass is 9.96. The third kappa shape index (κ3) is 2.59. The normalized spacial score (nSPS) is 17.6. The second kappa shape index (κ2) is 5.58. The van der Waals surface area contributed by atoms with E-state index in [2.05, 4.69) is 5.32 Å². The summed E-state index contributed by atoms with van der Waals surface area (Å²) in [4.78, 5) is 13.8. The number of halogens is 2. The van der Waals surface area contributed by atoms with Crippen LogP contribution < -0.4 is 10.2 Å². The number of benzene rings is 2. The average Bonchev–Trinajstić information content (AvgIpc) is 2.49. The van der Waals surface area contributed by atoms with E-state index in [9.17, 15) is 4.79 Å². The van der Waals surface area contributed by atoms with Crippen LogP contribution in [0.5, 0.6) is 0 Å². The Kier molecular flexibility index (Phi) is 3.79. The van der Waals surface area contributed by atoms with Crippen molar-refractivity contribution in [3.8, 4) is 0 Å². The van der Waals surface area contributed by atoms with Crippen molar-refractivity contribution in [3.05, 3.63) is 58.1 Å². The van der Waals surface area contributed by atoms with E-state index in [1.165, 1.54) is 0 Å².